The molecule has 16 heavy (non-hydrogen) atoms. The van der Waals surface area contributed by atoms with Crippen molar-refractivity contribution in [3.05, 3.63) is 0 Å². The third kappa shape index (κ3) is 3.74. The van der Waals surface area contributed by atoms with E-state index in [1.165, 1.54) is 58.2 Å². The van der Waals surface area contributed by atoms with Gasteiger partial charge >= 0.3 is 0 Å². The normalized spacial score (nSPS) is 30.9. The molecular weight excluding hydrogens is 196 g/mol. The van der Waals surface area contributed by atoms with E-state index >= 15 is 0 Å². The predicted octanol–water partition coefficient (Wildman–Crippen LogP) is 2.50. The largest absolute Gasteiger partial charge is 0.315 e. The molecule has 0 spiro atoms. The molecule has 2 aliphatic rings. The Morgan fingerprint density at radius 3 is 2.56 bits per heavy atom. The van der Waals surface area contributed by atoms with E-state index in [1.807, 2.05) is 0 Å². The van der Waals surface area contributed by atoms with Crippen LogP contribution in [0.1, 0.15) is 45.4 Å². The van der Waals surface area contributed by atoms with Crippen molar-refractivity contribution in [2.75, 3.05) is 26.7 Å². The first-order valence-corrected chi connectivity index (χ1v) is 7.18. The molecule has 0 saturated heterocycles. The predicted molar refractivity (Wildman–Crippen MR) is 69.6 cm³/mol. The van der Waals surface area contributed by atoms with Gasteiger partial charge in [0.05, 0.1) is 0 Å². The van der Waals surface area contributed by atoms with Crippen LogP contribution >= 0.6 is 0 Å². The minimum atomic E-state index is 0.844. The van der Waals surface area contributed by atoms with Crippen molar-refractivity contribution in [2.24, 2.45) is 11.8 Å². The average Bonchev–Trinajstić information content (AvgIpc) is 3.08. The molecular formula is C14H28N2. The first-order chi connectivity index (χ1) is 7.77. The summed E-state index contributed by atoms with van der Waals surface area (Å²) in [4.78, 5) is 2.59. The Hall–Kier alpha value is -0.0800. The highest BCUT2D eigenvalue weighted by Gasteiger charge is 2.24. The van der Waals surface area contributed by atoms with Crippen molar-refractivity contribution in [1.29, 1.82) is 0 Å². The van der Waals surface area contributed by atoms with Crippen molar-refractivity contribution in [3.63, 3.8) is 0 Å². The highest BCUT2D eigenvalue weighted by molar-refractivity contribution is 4.80. The third-order valence-corrected chi connectivity index (χ3v) is 4.40. The molecule has 2 nitrogen and oxygen atoms in total. The first kappa shape index (κ1) is 12.4. The van der Waals surface area contributed by atoms with Crippen molar-refractivity contribution in [1.82, 2.24) is 10.2 Å². The molecule has 0 aromatic carbocycles. The molecule has 0 radical (unpaired) electrons. The zero-order valence-electron chi connectivity index (χ0n) is 11.0. The Morgan fingerprint density at radius 1 is 1.12 bits per heavy atom. The summed E-state index contributed by atoms with van der Waals surface area (Å²) < 4.78 is 0. The smallest absolute Gasteiger partial charge is 0.0118 e. The van der Waals surface area contributed by atoms with Gasteiger partial charge in [-0.25, -0.2) is 0 Å². The molecule has 0 aromatic rings. The third-order valence-electron chi connectivity index (χ3n) is 4.40. The van der Waals surface area contributed by atoms with Gasteiger partial charge in [0.15, 0.2) is 0 Å². The van der Waals surface area contributed by atoms with Gasteiger partial charge in [-0.2, -0.15) is 0 Å². The Balaban J connectivity index is 1.59. The van der Waals surface area contributed by atoms with Crippen LogP contribution in [0.4, 0.5) is 0 Å². The van der Waals surface area contributed by atoms with Gasteiger partial charge in [0.1, 0.15) is 0 Å². The molecule has 0 aliphatic heterocycles. The van der Waals surface area contributed by atoms with Crippen molar-refractivity contribution < 1.29 is 0 Å². The van der Waals surface area contributed by atoms with Gasteiger partial charge in [0.25, 0.3) is 0 Å². The molecule has 1 N–H and O–H groups in total. The number of hydrogen-bond acceptors (Lipinski definition) is 2. The standard InChI is InChI=1S/C14H28N2/c1-12-5-3-4-6-14(12)16(2)10-9-15-11-13-7-8-13/h12-15H,3-11H2,1-2H3. The van der Waals surface area contributed by atoms with E-state index in [0.717, 1.165) is 17.9 Å². The van der Waals surface area contributed by atoms with Gasteiger partial charge in [-0.15, -0.1) is 0 Å². The van der Waals surface area contributed by atoms with Crippen LogP contribution in [-0.2, 0) is 0 Å². The SMILES string of the molecule is CC1CCCCC1N(C)CCNCC1CC1. The molecule has 2 unspecified atom stereocenters. The second-order valence-electron chi connectivity index (χ2n) is 5.96. The number of hydrogen-bond donors (Lipinski definition) is 1. The maximum Gasteiger partial charge on any atom is 0.0118 e. The second kappa shape index (κ2) is 6.02. The summed E-state index contributed by atoms with van der Waals surface area (Å²) in [6, 6.07) is 0.844. The fraction of sp³-hybridized carbons (Fsp3) is 1.00. The number of nitrogens with zero attached hydrogens (tertiary/aromatic N) is 1. The minimum Gasteiger partial charge on any atom is -0.315 e. The maximum atomic E-state index is 3.59. The van der Waals surface area contributed by atoms with E-state index in [4.69, 9.17) is 0 Å². The summed E-state index contributed by atoms with van der Waals surface area (Å²) in [5.74, 6) is 1.92. The molecule has 0 amide bonds. The Labute approximate surface area is 101 Å². The molecule has 2 atom stereocenters. The van der Waals surface area contributed by atoms with Gasteiger partial charge in [0, 0.05) is 19.1 Å². The second-order valence-corrected chi connectivity index (χ2v) is 5.96. The number of likely N-dealkylation sites (N-methyl/N-ethyl adjacent to an activating group) is 1. The topological polar surface area (TPSA) is 15.3 Å². The molecule has 2 saturated carbocycles. The monoisotopic (exact) mass is 224 g/mol. The minimum absolute atomic E-state index is 0.844. The van der Waals surface area contributed by atoms with Gasteiger partial charge in [0.2, 0.25) is 0 Å². The summed E-state index contributed by atoms with van der Waals surface area (Å²) in [5.41, 5.74) is 0. The molecule has 2 fully saturated rings. The fourth-order valence-electron chi connectivity index (χ4n) is 3.00. The lowest BCUT2D eigenvalue weighted by Crippen LogP contribution is -2.42. The zero-order valence-corrected chi connectivity index (χ0v) is 11.0. The van der Waals surface area contributed by atoms with Crippen LogP contribution in [0, 0.1) is 11.8 Å². The molecule has 94 valence electrons. The van der Waals surface area contributed by atoms with E-state index < -0.39 is 0 Å². The van der Waals surface area contributed by atoms with Crippen LogP contribution < -0.4 is 5.32 Å². The highest BCUT2D eigenvalue weighted by atomic mass is 15.1. The molecule has 0 aromatic heterocycles. The van der Waals surface area contributed by atoms with E-state index in [2.05, 4.69) is 24.2 Å². The van der Waals surface area contributed by atoms with Crippen LogP contribution in [0.25, 0.3) is 0 Å². The summed E-state index contributed by atoms with van der Waals surface area (Å²) in [6.07, 6.45) is 8.66. The van der Waals surface area contributed by atoms with Crippen LogP contribution in [-0.4, -0.2) is 37.6 Å². The fourth-order valence-corrected chi connectivity index (χ4v) is 3.00. The van der Waals surface area contributed by atoms with Crippen LogP contribution in [0.2, 0.25) is 0 Å². The summed E-state index contributed by atoms with van der Waals surface area (Å²) in [7, 11) is 2.31. The molecule has 0 heterocycles. The number of nitrogens with one attached hydrogen (secondary N) is 1. The van der Waals surface area contributed by atoms with Gasteiger partial charge < -0.3 is 10.2 Å². The lowest BCUT2D eigenvalue weighted by Gasteiger charge is -2.36. The van der Waals surface area contributed by atoms with Gasteiger partial charge in [-0.3, -0.25) is 0 Å². The van der Waals surface area contributed by atoms with Crippen molar-refractivity contribution >= 4 is 0 Å². The quantitative estimate of drug-likeness (QED) is 0.697. The summed E-state index contributed by atoms with van der Waals surface area (Å²) in [6.45, 7) is 6.09. The van der Waals surface area contributed by atoms with E-state index in [9.17, 15) is 0 Å². The summed E-state index contributed by atoms with van der Waals surface area (Å²) >= 11 is 0. The highest BCUT2D eigenvalue weighted by Crippen LogP contribution is 2.28. The van der Waals surface area contributed by atoms with Gasteiger partial charge in [-0.1, -0.05) is 19.8 Å². The van der Waals surface area contributed by atoms with Crippen molar-refractivity contribution in [2.45, 2.75) is 51.5 Å². The van der Waals surface area contributed by atoms with Crippen LogP contribution in [0.5, 0.6) is 0 Å². The van der Waals surface area contributed by atoms with E-state index in [0.29, 0.717) is 0 Å². The van der Waals surface area contributed by atoms with Crippen LogP contribution in [0.3, 0.4) is 0 Å². The Kier molecular flexibility index (Phi) is 4.66. The Morgan fingerprint density at radius 2 is 1.88 bits per heavy atom. The van der Waals surface area contributed by atoms with Crippen molar-refractivity contribution in [3.8, 4) is 0 Å². The lowest BCUT2D eigenvalue weighted by atomic mass is 9.85. The maximum absolute atomic E-state index is 3.59. The van der Waals surface area contributed by atoms with Gasteiger partial charge in [-0.05, 0) is 51.1 Å². The molecule has 2 rings (SSSR count). The average molecular weight is 224 g/mol. The Bertz CT molecular complexity index is 201. The lowest BCUT2D eigenvalue weighted by molar-refractivity contribution is 0.140. The molecule has 2 heteroatoms. The van der Waals surface area contributed by atoms with E-state index in [1.54, 1.807) is 0 Å². The van der Waals surface area contributed by atoms with E-state index in [-0.39, 0.29) is 0 Å². The summed E-state index contributed by atoms with van der Waals surface area (Å²) in [5, 5.41) is 3.59. The van der Waals surface area contributed by atoms with Crippen LogP contribution in [0.15, 0.2) is 0 Å². The first-order valence-electron chi connectivity index (χ1n) is 7.18. The molecule has 0 bridgehead atoms. The number of rotatable bonds is 6. The molecule has 2 aliphatic carbocycles. The zero-order chi connectivity index (χ0) is 11.4.